The zero-order chi connectivity index (χ0) is 14.2. The predicted molar refractivity (Wildman–Crippen MR) is 87.0 cm³/mol. The van der Waals surface area contributed by atoms with Crippen molar-refractivity contribution in [2.24, 2.45) is 0 Å². The van der Waals surface area contributed by atoms with Crippen LogP contribution in [0.1, 0.15) is 50.2 Å². The molecule has 1 fully saturated rings. The van der Waals surface area contributed by atoms with Gasteiger partial charge < -0.3 is 5.32 Å². The average Bonchev–Trinajstić information content (AvgIpc) is 2.52. The highest BCUT2D eigenvalue weighted by atomic mass is 15.1. The number of nitrogens with zero attached hydrogens (tertiary/aromatic N) is 1. The minimum Gasteiger partial charge on any atom is -0.319 e. The summed E-state index contributed by atoms with van der Waals surface area (Å²) in [7, 11) is 2.03. The molecule has 1 N–H and O–H groups in total. The van der Waals surface area contributed by atoms with Crippen LogP contribution in [-0.4, -0.2) is 31.1 Å². The van der Waals surface area contributed by atoms with Crippen molar-refractivity contribution in [3.63, 3.8) is 0 Å². The zero-order valence-corrected chi connectivity index (χ0v) is 13.2. The van der Waals surface area contributed by atoms with Gasteiger partial charge in [-0.05, 0) is 50.5 Å². The van der Waals surface area contributed by atoms with Crippen LogP contribution in [0.2, 0.25) is 0 Å². The van der Waals surface area contributed by atoms with E-state index in [4.69, 9.17) is 0 Å². The summed E-state index contributed by atoms with van der Waals surface area (Å²) in [6, 6.07) is 9.78. The Balaban J connectivity index is 2.02. The maximum atomic E-state index is 3.26. The molecule has 20 heavy (non-hydrogen) atoms. The molecule has 0 aromatic heterocycles. The van der Waals surface area contributed by atoms with E-state index in [0.717, 1.165) is 25.6 Å². The molecule has 1 aromatic carbocycles. The number of hydrogen-bond acceptors (Lipinski definition) is 2. The van der Waals surface area contributed by atoms with Gasteiger partial charge in [0.25, 0.3) is 0 Å². The second kappa shape index (κ2) is 8.43. The highest BCUT2D eigenvalue weighted by molar-refractivity contribution is 5.27. The van der Waals surface area contributed by atoms with E-state index >= 15 is 0 Å². The van der Waals surface area contributed by atoms with Crippen molar-refractivity contribution >= 4 is 0 Å². The van der Waals surface area contributed by atoms with Crippen LogP contribution >= 0.6 is 0 Å². The summed E-state index contributed by atoms with van der Waals surface area (Å²) in [5.41, 5.74) is 3.03. The van der Waals surface area contributed by atoms with Crippen LogP contribution in [-0.2, 0) is 13.0 Å². The molecule has 0 bridgehead atoms. The third-order valence-corrected chi connectivity index (χ3v) is 4.63. The SMILES string of the molecule is CCN(Cc1ccccc1CCNC)C1CCCCC1. The molecule has 0 unspecified atom stereocenters. The van der Waals surface area contributed by atoms with E-state index in [2.05, 4.69) is 41.4 Å². The largest absolute Gasteiger partial charge is 0.319 e. The van der Waals surface area contributed by atoms with Gasteiger partial charge in [0.15, 0.2) is 0 Å². The van der Waals surface area contributed by atoms with Crippen LogP contribution < -0.4 is 5.32 Å². The molecule has 0 heterocycles. The summed E-state index contributed by atoms with van der Waals surface area (Å²) >= 11 is 0. The lowest BCUT2D eigenvalue weighted by Crippen LogP contribution is -2.36. The first-order chi connectivity index (χ1) is 9.85. The Kier molecular flexibility index (Phi) is 6.55. The van der Waals surface area contributed by atoms with E-state index < -0.39 is 0 Å². The van der Waals surface area contributed by atoms with Gasteiger partial charge in [0.05, 0.1) is 0 Å². The first-order valence-corrected chi connectivity index (χ1v) is 8.30. The zero-order valence-electron chi connectivity index (χ0n) is 13.2. The van der Waals surface area contributed by atoms with Crippen molar-refractivity contribution in [3.05, 3.63) is 35.4 Å². The molecule has 0 spiro atoms. The molecule has 0 saturated heterocycles. The summed E-state index contributed by atoms with van der Waals surface area (Å²) in [5, 5.41) is 3.26. The van der Waals surface area contributed by atoms with Gasteiger partial charge in [-0.1, -0.05) is 50.5 Å². The van der Waals surface area contributed by atoms with E-state index in [0.29, 0.717) is 0 Å². The van der Waals surface area contributed by atoms with Crippen LogP contribution in [0.5, 0.6) is 0 Å². The van der Waals surface area contributed by atoms with Crippen LogP contribution in [0.4, 0.5) is 0 Å². The van der Waals surface area contributed by atoms with Crippen LogP contribution in [0.25, 0.3) is 0 Å². The molecular weight excluding hydrogens is 244 g/mol. The third kappa shape index (κ3) is 4.32. The number of nitrogens with one attached hydrogen (secondary N) is 1. The Morgan fingerprint density at radius 2 is 1.80 bits per heavy atom. The van der Waals surface area contributed by atoms with Gasteiger partial charge in [-0.25, -0.2) is 0 Å². The molecule has 0 atom stereocenters. The first-order valence-electron chi connectivity index (χ1n) is 8.30. The molecule has 1 aliphatic carbocycles. The van der Waals surface area contributed by atoms with E-state index in [1.165, 1.54) is 49.8 Å². The van der Waals surface area contributed by atoms with Gasteiger partial charge in [-0.3, -0.25) is 4.90 Å². The first kappa shape index (κ1) is 15.5. The average molecular weight is 274 g/mol. The molecule has 1 aromatic rings. The number of benzene rings is 1. The standard InChI is InChI=1S/C18H30N2/c1-3-20(18-11-5-4-6-12-18)15-17-10-8-7-9-16(17)13-14-19-2/h7-10,18-19H,3-6,11-15H2,1-2H3. The molecule has 0 radical (unpaired) electrons. The number of hydrogen-bond donors (Lipinski definition) is 1. The second-order valence-electron chi connectivity index (χ2n) is 5.98. The van der Waals surface area contributed by atoms with Crippen molar-refractivity contribution in [1.29, 1.82) is 0 Å². The highest BCUT2D eigenvalue weighted by Gasteiger charge is 2.20. The second-order valence-corrected chi connectivity index (χ2v) is 5.98. The van der Waals surface area contributed by atoms with Gasteiger partial charge in [-0.15, -0.1) is 0 Å². The molecular formula is C18H30N2. The quantitative estimate of drug-likeness (QED) is 0.817. The number of likely N-dealkylation sites (N-methyl/N-ethyl adjacent to an activating group) is 1. The van der Waals surface area contributed by atoms with Crippen molar-refractivity contribution in [3.8, 4) is 0 Å². The molecule has 2 nitrogen and oxygen atoms in total. The minimum absolute atomic E-state index is 0.811. The van der Waals surface area contributed by atoms with Crippen molar-refractivity contribution in [2.45, 2.75) is 58.0 Å². The Morgan fingerprint density at radius 1 is 1.10 bits per heavy atom. The predicted octanol–water partition coefficient (Wildman–Crippen LogP) is 3.60. The lowest BCUT2D eigenvalue weighted by atomic mass is 9.93. The molecule has 0 aliphatic heterocycles. The summed E-state index contributed by atoms with van der Waals surface area (Å²) in [5.74, 6) is 0. The van der Waals surface area contributed by atoms with Crippen LogP contribution in [0.3, 0.4) is 0 Å². The summed E-state index contributed by atoms with van der Waals surface area (Å²) < 4.78 is 0. The van der Waals surface area contributed by atoms with Gasteiger partial charge in [0.2, 0.25) is 0 Å². The summed E-state index contributed by atoms with van der Waals surface area (Å²) in [6.07, 6.45) is 8.20. The monoisotopic (exact) mass is 274 g/mol. The maximum absolute atomic E-state index is 3.26. The minimum atomic E-state index is 0.811. The van der Waals surface area contributed by atoms with E-state index in [1.54, 1.807) is 0 Å². The number of rotatable bonds is 7. The third-order valence-electron chi connectivity index (χ3n) is 4.63. The van der Waals surface area contributed by atoms with Crippen molar-refractivity contribution in [2.75, 3.05) is 20.1 Å². The lowest BCUT2D eigenvalue weighted by molar-refractivity contribution is 0.155. The topological polar surface area (TPSA) is 15.3 Å². The van der Waals surface area contributed by atoms with E-state index in [9.17, 15) is 0 Å². The normalized spacial score (nSPS) is 16.8. The van der Waals surface area contributed by atoms with E-state index in [-0.39, 0.29) is 0 Å². The maximum Gasteiger partial charge on any atom is 0.0239 e. The van der Waals surface area contributed by atoms with Gasteiger partial charge in [-0.2, -0.15) is 0 Å². The summed E-state index contributed by atoms with van der Waals surface area (Å²) in [6.45, 7) is 5.67. The van der Waals surface area contributed by atoms with Crippen LogP contribution in [0, 0.1) is 0 Å². The van der Waals surface area contributed by atoms with Gasteiger partial charge >= 0.3 is 0 Å². The fraction of sp³-hybridized carbons (Fsp3) is 0.667. The Labute approximate surface area is 124 Å². The summed E-state index contributed by atoms with van der Waals surface area (Å²) in [4.78, 5) is 2.69. The molecule has 0 amide bonds. The van der Waals surface area contributed by atoms with Crippen LogP contribution in [0.15, 0.2) is 24.3 Å². The Bertz CT molecular complexity index is 383. The molecule has 112 valence electrons. The fourth-order valence-corrected chi connectivity index (χ4v) is 3.38. The Hall–Kier alpha value is -0.860. The van der Waals surface area contributed by atoms with Crippen molar-refractivity contribution in [1.82, 2.24) is 10.2 Å². The Morgan fingerprint density at radius 3 is 2.45 bits per heavy atom. The smallest absolute Gasteiger partial charge is 0.0239 e. The van der Waals surface area contributed by atoms with Gasteiger partial charge in [0, 0.05) is 12.6 Å². The highest BCUT2D eigenvalue weighted by Crippen LogP contribution is 2.24. The lowest BCUT2D eigenvalue weighted by Gasteiger charge is -2.34. The van der Waals surface area contributed by atoms with Crippen molar-refractivity contribution < 1.29 is 0 Å². The molecule has 2 rings (SSSR count). The fourth-order valence-electron chi connectivity index (χ4n) is 3.38. The molecule has 1 aliphatic rings. The van der Waals surface area contributed by atoms with Gasteiger partial charge in [0.1, 0.15) is 0 Å². The molecule has 1 saturated carbocycles. The van der Waals surface area contributed by atoms with E-state index in [1.807, 2.05) is 7.05 Å². The molecule has 2 heteroatoms.